The Kier molecular flexibility index (Phi) is 7.06. The molecule has 1 aliphatic carbocycles. The number of hydrogen-bond donors (Lipinski definition) is 0. The molecule has 0 radical (unpaired) electrons. The maximum atomic E-state index is 10.0. The summed E-state index contributed by atoms with van der Waals surface area (Å²) in [6.45, 7) is 9.58. The van der Waals surface area contributed by atoms with Crippen molar-refractivity contribution in [2.45, 2.75) is 38.1 Å². The standard InChI is InChI=1S/C25H31ClN6O/c1-17(8-12-33-4)32-11-10-31(16-18(32)2)25-20(15-27)13-22(24(29-25)19-5-6-19)30(3)21-7-9-28-23(26)14-21/h7,9,13-14,18-19H,1,5-6,8,10-12,16H2,2-4H3. The molecular weight excluding hydrogens is 436 g/mol. The molecule has 2 aliphatic rings. The van der Waals surface area contributed by atoms with E-state index in [1.54, 1.807) is 13.3 Å². The van der Waals surface area contributed by atoms with Crippen LogP contribution in [-0.4, -0.2) is 61.3 Å². The number of ether oxygens (including phenoxy) is 1. The Bertz CT molecular complexity index is 1060. The number of halogens is 1. The van der Waals surface area contributed by atoms with Gasteiger partial charge in [0.25, 0.3) is 0 Å². The fraction of sp³-hybridized carbons (Fsp3) is 0.480. The maximum Gasteiger partial charge on any atom is 0.147 e. The zero-order valence-corrected chi connectivity index (χ0v) is 20.3. The van der Waals surface area contributed by atoms with E-state index in [-0.39, 0.29) is 6.04 Å². The topological polar surface area (TPSA) is 68.5 Å². The van der Waals surface area contributed by atoms with Crippen molar-refractivity contribution < 1.29 is 4.74 Å². The van der Waals surface area contributed by atoms with Gasteiger partial charge in [-0.25, -0.2) is 9.97 Å². The molecule has 2 aromatic rings. The summed E-state index contributed by atoms with van der Waals surface area (Å²) in [5.41, 5.74) is 4.63. The van der Waals surface area contributed by atoms with E-state index in [0.29, 0.717) is 23.2 Å². The van der Waals surface area contributed by atoms with Crippen molar-refractivity contribution in [3.05, 3.63) is 53.1 Å². The molecule has 1 unspecified atom stereocenters. The highest BCUT2D eigenvalue weighted by Gasteiger charge is 2.33. The molecule has 0 N–H and O–H groups in total. The Morgan fingerprint density at radius 2 is 2.15 bits per heavy atom. The molecule has 0 aromatic carbocycles. The summed E-state index contributed by atoms with van der Waals surface area (Å²) in [6, 6.07) is 8.41. The molecule has 8 heteroatoms. The third-order valence-corrected chi connectivity index (χ3v) is 6.69. The predicted octanol–water partition coefficient (Wildman–Crippen LogP) is 4.71. The average Bonchev–Trinajstić information content (AvgIpc) is 3.66. The Labute approximate surface area is 201 Å². The van der Waals surface area contributed by atoms with Gasteiger partial charge >= 0.3 is 0 Å². The zero-order valence-electron chi connectivity index (χ0n) is 19.6. The van der Waals surface area contributed by atoms with Crippen molar-refractivity contribution in [1.29, 1.82) is 5.26 Å². The zero-order chi connectivity index (χ0) is 23.5. The number of nitrogens with zero attached hydrogens (tertiary/aromatic N) is 6. The molecule has 3 heterocycles. The minimum atomic E-state index is 0.280. The number of rotatable bonds is 8. The molecule has 0 bridgehead atoms. The van der Waals surface area contributed by atoms with Gasteiger partial charge < -0.3 is 19.4 Å². The van der Waals surface area contributed by atoms with Gasteiger partial charge in [-0.05, 0) is 38.0 Å². The minimum Gasteiger partial charge on any atom is -0.384 e. The molecule has 1 atom stereocenters. The first-order chi connectivity index (χ1) is 15.9. The van der Waals surface area contributed by atoms with Crippen LogP contribution in [0.4, 0.5) is 17.2 Å². The molecule has 4 rings (SSSR count). The van der Waals surface area contributed by atoms with Gasteiger partial charge in [0, 0.05) is 69.8 Å². The molecule has 174 valence electrons. The monoisotopic (exact) mass is 466 g/mol. The first-order valence-electron chi connectivity index (χ1n) is 11.4. The van der Waals surface area contributed by atoms with E-state index >= 15 is 0 Å². The van der Waals surface area contributed by atoms with Crippen LogP contribution in [0.3, 0.4) is 0 Å². The first-order valence-corrected chi connectivity index (χ1v) is 11.8. The first kappa shape index (κ1) is 23.3. The molecular formula is C25H31ClN6O. The number of methoxy groups -OCH3 is 1. The second-order valence-electron chi connectivity index (χ2n) is 8.84. The molecule has 7 nitrogen and oxygen atoms in total. The second-order valence-corrected chi connectivity index (χ2v) is 9.23. The maximum absolute atomic E-state index is 10.0. The molecule has 33 heavy (non-hydrogen) atoms. The summed E-state index contributed by atoms with van der Waals surface area (Å²) in [4.78, 5) is 15.8. The molecule has 2 fully saturated rings. The van der Waals surface area contributed by atoms with E-state index in [1.165, 1.54) is 0 Å². The lowest BCUT2D eigenvalue weighted by Crippen LogP contribution is -2.51. The summed E-state index contributed by atoms with van der Waals surface area (Å²) in [6.07, 6.45) is 4.77. The van der Waals surface area contributed by atoms with Crippen molar-refractivity contribution >= 4 is 28.8 Å². The Balaban J connectivity index is 1.62. The summed E-state index contributed by atoms with van der Waals surface area (Å²) in [7, 11) is 3.70. The van der Waals surface area contributed by atoms with Crippen LogP contribution in [0, 0.1) is 11.3 Å². The lowest BCUT2D eigenvalue weighted by molar-refractivity contribution is 0.177. The Morgan fingerprint density at radius 1 is 1.36 bits per heavy atom. The van der Waals surface area contributed by atoms with Crippen LogP contribution < -0.4 is 9.80 Å². The number of hydrogen-bond acceptors (Lipinski definition) is 7. The van der Waals surface area contributed by atoms with E-state index in [9.17, 15) is 5.26 Å². The fourth-order valence-corrected chi connectivity index (χ4v) is 4.65. The van der Waals surface area contributed by atoms with E-state index in [1.807, 2.05) is 25.2 Å². The van der Waals surface area contributed by atoms with Crippen molar-refractivity contribution in [3.63, 3.8) is 0 Å². The number of anilines is 3. The average molecular weight is 467 g/mol. The smallest absolute Gasteiger partial charge is 0.147 e. The van der Waals surface area contributed by atoms with Gasteiger partial charge in [0.2, 0.25) is 0 Å². The number of aromatic nitrogens is 2. The molecule has 2 aromatic heterocycles. The van der Waals surface area contributed by atoms with Crippen molar-refractivity contribution in [1.82, 2.24) is 14.9 Å². The van der Waals surface area contributed by atoms with E-state index in [2.05, 4.69) is 39.3 Å². The van der Waals surface area contributed by atoms with Crippen LogP contribution in [-0.2, 0) is 4.74 Å². The predicted molar refractivity (Wildman–Crippen MR) is 132 cm³/mol. The van der Waals surface area contributed by atoms with Crippen LogP contribution >= 0.6 is 11.6 Å². The lowest BCUT2D eigenvalue weighted by atomic mass is 10.1. The van der Waals surface area contributed by atoms with E-state index < -0.39 is 0 Å². The van der Waals surface area contributed by atoms with Crippen LogP contribution in [0.1, 0.15) is 43.4 Å². The largest absolute Gasteiger partial charge is 0.384 e. The number of piperazine rings is 1. The van der Waals surface area contributed by atoms with Crippen LogP contribution in [0.2, 0.25) is 5.15 Å². The van der Waals surface area contributed by atoms with Gasteiger partial charge in [-0.15, -0.1) is 0 Å². The Morgan fingerprint density at radius 3 is 2.79 bits per heavy atom. The highest BCUT2D eigenvalue weighted by molar-refractivity contribution is 6.29. The minimum absolute atomic E-state index is 0.280. The summed E-state index contributed by atoms with van der Waals surface area (Å²) >= 11 is 6.12. The normalized spacial score (nSPS) is 18.2. The van der Waals surface area contributed by atoms with Gasteiger partial charge in [0.15, 0.2) is 0 Å². The highest BCUT2D eigenvalue weighted by atomic mass is 35.5. The van der Waals surface area contributed by atoms with Crippen LogP contribution in [0.15, 0.2) is 36.7 Å². The third kappa shape index (κ3) is 5.07. The van der Waals surface area contributed by atoms with Crippen molar-refractivity contribution in [2.75, 3.05) is 50.2 Å². The highest BCUT2D eigenvalue weighted by Crippen LogP contribution is 2.46. The number of pyridine rings is 2. The van der Waals surface area contributed by atoms with Gasteiger partial charge in [-0.2, -0.15) is 5.26 Å². The van der Waals surface area contributed by atoms with E-state index in [4.69, 9.17) is 21.3 Å². The van der Waals surface area contributed by atoms with Gasteiger partial charge in [0.05, 0.1) is 23.6 Å². The molecule has 0 amide bonds. The summed E-state index contributed by atoms with van der Waals surface area (Å²) in [5, 5.41) is 10.5. The molecule has 0 spiro atoms. The van der Waals surface area contributed by atoms with Gasteiger partial charge in [0.1, 0.15) is 17.0 Å². The molecule has 1 saturated heterocycles. The molecule has 1 saturated carbocycles. The third-order valence-electron chi connectivity index (χ3n) is 6.48. The lowest BCUT2D eigenvalue weighted by Gasteiger charge is -2.43. The van der Waals surface area contributed by atoms with Gasteiger partial charge in [-0.1, -0.05) is 18.2 Å². The second kappa shape index (κ2) is 9.98. The van der Waals surface area contributed by atoms with Crippen molar-refractivity contribution in [2.24, 2.45) is 0 Å². The quantitative estimate of drug-likeness (QED) is 0.522. The van der Waals surface area contributed by atoms with Gasteiger partial charge in [-0.3, -0.25) is 0 Å². The van der Waals surface area contributed by atoms with Crippen LogP contribution in [0.5, 0.6) is 0 Å². The Hall–Kier alpha value is -2.82. The van der Waals surface area contributed by atoms with E-state index in [0.717, 1.165) is 67.5 Å². The SMILES string of the molecule is C=C(CCOC)N1CCN(c2nc(C3CC3)c(N(C)c3ccnc(Cl)c3)cc2C#N)CC1C. The molecule has 1 aliphatic heterocycles. The van der Waals surface area contributed by atoms with Crippen molar-refractivity contribution in [3.8, 4) is 6.07 Å². The summed E-state index contributed by atoms with van der Waals surface area (Å²) in [5.74, 6) is 1.22. The summed E-state index contributed by atoms with van der Waals surface area (Å²) < 4.78 is 5.21. The number of nitriles is 1. The van der Waals surface area contributed by atoms with Crippen LogP contribution in [0.25, 0.3) is 0 Å². The fourth-order valence-electron chi connectivity index (χ4n) is 4.48.